The smallest absolute Gasteiger partial charge is 0.0186 e. The van der Waals surface area contributed by atoms with Crippen molar-refractivity contribution in [1.82, 2.24) is 0 Å². The molecular formula is C12H17BrS2. The van der Waals surface area contributed by atoms with Crippen LogP contribution in [0.1, 0.15) is 25.7 Å². The number of benzene rings is 1. The zero-order chi connectivity index (χ0) is 10.9. The molecule has 0 N–H and O–H groups in total. The van der Waals surface area contributed by atoms with Gasteiger partial charge in [-0.1, -0.05) is 34.8 Å². The molecule has 0 bridgehead atoms. The highest BCUT2D eigenvalue weighted by Crippen LogP contribution is 2.23. The Morgan fingerprint density at radius 2 is 1.93 bits per heavy atom. The van der Waals surface area contributed by atoms with Crippen molar-refractivity contribution in [3.63, 3.8) is 0 Å². The molecule has 0 saturated heterocycles. The second kappa shape index (κ2) is 8.54. The first-order valence-electron chi connectivity index (χ1n) is 5.32. The Balaban J connectivity index is 2.10. The maximum absolute atomic E-state index is 4.20. The number of halogens is 1. The van der Waals surface area contributed by atoms with Crippen LogP contribution in [0.3, 0.4) is 0 Å². The number of unbranched alkanes of at least 4 members (excludes halogenated alkanes) is 3. The van der Waals surface area contributed by atoms with Crippen molar-refractivity contribution < 1.29 is 0 Å². The zero-order valence-electron chi connectivity index (χ0n) is 8.79. The van der Waals surface area contributed by atoms with Crippen LogP contribution in [0.25, 0.3) is 0 Å². The summed E-state index contributed by atoms with van der Waals surface area (Å²) in [6.07, 6.45) is 5.22. The van der Waals surface area contributed by atoms with Crippen molar-refractivity contribution in [3.05, 3.63) is 28.7 Å². The highest BCUT2D eigenvalue weighted by Gasteiger charge is 1.95. The number of hydrogen-bond acceptors (Lipinski definition) is 2. The summed E-state index contributed by atoms with van der Waals surface area (Å²) in [6.45, 7) is 0. The average Bonchev–Trinajstić information content (AvgIpc) is 2.23. The van der Waals surface area contributed by atoms with Crippen LogP contribution in [0.4, 0.5) is 0 Å². The minimum absolute atomic E-state index is 1.03. The van der Waals surface area contributed by atoms with Crippen LogP contribution in [-0.4, -0.2) is 11.5 Å². The van der Waals surface area contributed by atoms with Crippen LogP contribution in [-0.2, 0) is 0 Å². The molecule has 0 aromatic heterocycles. The Bertz CT molecular complexity index is 276. The fourth-order valence-electron chi connectivity index (χ4n) is 1.31. The molecule has 0 aliphatic rings. The third-order valence-electron chi connectivity index (χ3n) is 2.12. The van der Waals surface area contributed by atoms with Gasteiger partial charge in [-0.15, -0.1) is 11.8 Å². The Labute approximate surface area is 111 Å². The molecule has 0 amide bonds. The lowest BCUT2D eigenvalue weighted by Gasteiger charge is -2.02. The lowest BCUT2D eigenvalue weighted by atomic mass is 10.2. The van der Waals surface area contributed by atoms with Gasteiger partial charge in [0.05, 0.1) is 0 Å². The second-order valence-corrected chi connectivity index (χ2v) is 5.97. The molecule has 0 nitrogen and oxygen atoms in total. The first kappa shape index (κ1) is 13.5. The van der Waals surface area contributed by atoms with E-state index >= 15 is 0 Å². The Hall–Kier alpha value is 0.400. The third kappa shape index (κ3) is 6.54. The van der Waals surface area contributed by atoms with E-state index in [1.54, 1.807) is 0 Å². The van der Waals surface area contributed by atoms with Gasteiger partial charge in [0.2, 0.25) is 0 Å². The molecule has 0 aliphatic carbocycles. The van der Waals surface area contributed by atoms with E-state index in [-0.39, 0.29) is 0 Å². The Morgan fingerprint density at radius 1 is 1.13 bits per heavy atom. The van der Waals surface area contributed by atoms with E-state index in [1.165, 1.54) is 40.8 Å². The quantitative estimate of drug-likeness (QED) is 0.419. The molecular weight excluding hydrogens is 288 g/mol. The van der Waals surface area contributed by atoms with Crippen LogP contribution >= 0.6 is 40.3 Å². The maximum atomic E-state index is 4.20. The Morgan fingerprint density at radius 3 is 2.67 bits per heavy atom. The van der Waals surface area contributed by atoms with E-state index in [9.17, 15) is 0 Å². The van der Waals surface area contributed by atoms with Gasteiger partial charge >= 0.3 is 0 Å². The van der Waals surface area contributed by atoms with Crippen molar-refractivity contribution in [1.29, 1.82) is 0 Å². The normalized spacial score (nSPS) is 10.5. The molecule has 0 heterocycles. The van der Waals surface area contributed by atoms with Crippen LogP contribution in [0.5, 0.6) is 0 Å². The van der Waals surface area contributed by atoms with Crippen molar-refractivity contribution in [2.75, 3.05) is 11.5 Å². The van der Waals surface area contributed by atoms with Gasteiger partial charge in [0.1, 0.15) is 0 Å². The SMILES string of the molecule is SCCCCCCSc1cccc(Br)c1. The van der Waals surface area contributed by atoms with Crippen molar-refractivity contribution in [2.24, 2.45) is 0 Å². The summed E-state index contributed by atoms with van der Waals surface area (Å²) >= 11 is 9.63. The number of hydrogen-bond donors (Lipinski definition) is 1. The minimum atomic E-state index is 1.03. The topological polar surface area (TPSA) is 0 Å². The molecule has 15 heavy (non-hydrogen) atoms. The minimum Gasteiger partial charge on any atom is -0.179 e. The van der Waals surface area contributed by atoms with Crippen LogP contribution in [0.15, 0.2) is 33.6 Å². The molecule has 0 unspecified atom stereocenters. The molecule has 0 radical (unpaired) electrons. The molecule has 3 heteroatoms. The van der Waals surface area contributed by atoms with Gasteiger partial charge in [0.25, 0.3) is 0 Å². The van der Waals surface area contributed by atoms with E-state index in [0.29, 0.717) is 0 Å². The highest BCUT2D eigenvalue weighted by molar-refractivity contribution is 9.10. The summed E-state index contributed by atoms with van der Waals surface area (Å²) < 4.78 is 1.17. The average molecular weight is 305 g/mol. The molecule has 84 valence electrons. The van der Waals surface area contributed by atoms with Gasteiger partial charge in [0, 0.05) is 9.37 Å². The maximum Gasteiger partial charge on any atom is 0.0186 e. The monoisotopic (exact) mass is 304 g/mol. The van der Waals surface area contributed by atoms with Gasteiger partial charge < -0.3 is 0 Å². The Kier molecular flexibility index (Phi) is 7.67. The van der Waals surface area contributed by atoms with Crippen LogP contribution in [0, 0.1) is 0 Å². The fraction of sp³-hybridized carbons (Fsp3) is 0.500. The van der Waals surface area contributed by atoms with E-state index in [0.717, 1.165) is 5.75 Å². The van der Waals surface area contributed by atoms with E-state index in [2.05, 4.69) is 52.8 Å². The van der Waals surface area contributed by atoms with Gasteiger partial charge in [-0.05, 0) is 42.5 Å². The molecule has 0 spiro atoms. The zero-order valence-corrected chi connectivity index (χ0v) is 12.1. The van der Waals surface area contributed by atoms with E-state index in [4.69, 9.17) is 0 Å². The van der Waals surface area contributed by atoms with Crippen molar-refractivity contribution in [2.45, 2.75) is 30.6 Å². The fourth-order valence-corrected chi connectivity index (χ4v) is 3.06. The first-order chi connectivity index (χ1) is 7.33. The van der Waals surface area contributed by atoms with Gasteiger partial charge in [-0.2, -0.15) is 12.6 Å². The molecule has 0 saturated carbocycles. The summed E-state index contributed by atoms with van der Waals surface area (Å²) in [6, 6.07) is 8.51. The number of rotatable bonds is 7. The van der Waals surface area contributed by atoms with E-state index < -0.39 is 0 Å². The molecule has 0 atom stereocenters. The molecule has 1 rings (SSSR count). The van der Waals surface area contributed by atoms with Gasteiger partial charge in [0.15, 0.2) is 0 Å². The van der Waals surface area contributed by atoms with Gasteiger partial charge in [-0.25, -0.2) is 0 Å². The largest absolute Gasteiger partial charge is 0.179 e. The van der Waals surface area contributed by atoms with E-state index in [1.807, 2.05) is 11.8 Å². The van der Waals surface area contributed by atoms with Gasteiger partial charge in [-0.3, -0.25) is 0 Å². The van der Waals surface area contributed by atoms with Crippen LogP contribution in [0.2, 0.25) is 0 Å². The molecule has 0 aliphatic heterocycles. The predicted octanol–water partition coefficient (Wildman–Crippen LogP) is 5.03. The number of thiol groups is 1. The summed E-state index contributed by atoms with van der Waals surface area (Å²) in [4.78, 5) is 1.36. The third-order valence-corrected chi connectivity index (χ3v) is 4.01. The number of thioether (sulfide) groups is 1. The highest BCUT2D eigenvalue weighted by atomic mass is 79.9. The first-order valence-corrected chi connectivity index (χ1v) is 7.73. The van der Waals surface area contributed by atoms with Crippen molar-refractivity contribution in [3.8, 4) is 0 Å². The lowest BCUT2D eigenvalue weighted by molar-refractivity contribution is 0.712. The predicted molar refractivity (Wildman–Crippen MR) is 77.2 cm³/mol. The summed E-state index contributed by atoms with van der Waals surface area (Å²) in [5.41, 5.74) is 0. The molecule has 0 fully saturated rings. The summed E-state index contributed by atoms with van der Waals surface area (Å²) in [7, 11) is 0. The lowest BCUT2D eigenvalue weighted by Crippen LogP contribution is -1.83. The summed E-state index contributed by atoms with van der Waals surface area (Å²) in [5.74, 6) is 2.25. The molecule has 1 aromatic carbocycles. The van der Waals surface area contributed by atoms with Crippen LogP contribution < -0.4 is 0 Å². The molecule has 1 aromatic rings. The summed E-state index contributed by atoms with van der Waals surface area (Å²) in [5, 5.41) is 0. The standard InChI is InChI=1S/C12H17BrS2/c13-11-6-5-7-12(10-11)15-9-4-2-1-3-8-14/h5-7,10,14H,1-4,8-9H2. The second-order valence-electron chi connectivity index (χ2n) is 3.44. The van der Waals surface area contributed by atoms with Crippen molar-refractivity contribution >= 4 is 40.3 Å².